The van der Waals surface area contributed by atoms with Gasteiger partial charge in [0.05, 0.1) is 11.6 Å². The van der Waals surface area contributed by atoms with Crippen LogP contribution in [-0.2, 0) is 14.8 Å². The number of sulfonamides is 1. The van der Waals surface area contributed by atoms with Crippen LogP contribution >= 0.6 is 11.6 Å². The summed E-state index contributed by atoms with van der Waals surface area (Å²) < 4.78 is 33.5. The van der Waals surface area contributed by atoms with Crippen molar-refractivity contribution in [2.45, 2.75) is 11.0 Å². The molecule has 25 heavy (non-hydrogen) atoms. The van der Waals surface area contributed by atoms with Crippen LogP contribution in [0.3, 0.4) is 0 Å². The second-order valence-electron chi connectivity index (χ2n) is 5.43. The van der Waals surface area contributed by atoms with Gasteiger partial charge in [0, 0.05) is 35.8 Å². The number of nitrogens with zero attached hydrogens (tertiary/aromatic N) is 1. The van der Waals surface area contributed by atoms with Crippen molar-refractivity contribution >= 4 is 32.5 Å². The molecule has 3 aromatic rings. The molecule has 1 N–H and O–H groups in total. The average molecular weight is 377 g/mol. The maximum Gasteiger partial charge on any atom is 0.242 e. The Balaban J connectivity index is 1.87. The molecule has 0 bridgehead atoms. The van der Waals surface area contributed by atoms with E-state index in [0.717, 1.165) is 10.9 Å². The minimum atomic E-state index is -3.75. The Bertz CT molecular complexity index is 987. The number of ether oxygens (including phenoxy) is 1. The number of para-hydroxylation sites is 1. The predicted octanol–water partition coefficient (Wildman–Crippen LogP) is 3.55. The number of hydrogen-bond donors (Lipinski definition) is 1. The molecular weight excluding hydrogens is 360 g/mol. The predicted molar refractivity (Wildman–Crippen MR) is 98.1 cm³/mol. The van der Waals surface area contributed by atoms with Crippen LogP contribution in [0.1, 0.15) is 11.7 Å². The van der Waals surface area contributed by atoms with Crippen LogP contribution in [0, 0.1) is 0 Å². The quantitative estimate of drug-likeness (QED) is 0.714. The second-order valence-corrected chi connectivity index (χ2v) is 7.57. The zero-order valence-corrected chi connectivity index (χ0v) is 15.1. The molecule has 0 fully saturated rings. The van der Waals surface area contributed by atoms with Crippen LogP contribution in [0.15, 0.2) is 65.7 Å². The lowest BCUT2D eigenvalue weighted by molar-refractivity contribution is 0.107. The number of methoxy groups -OCH3 is 1. The summed E-state index contributed by atoms with van der Waals surface area (Å²) in [5, 5.41) is 1.29. The maximum atomic E-state index is 12.7. The Hall–Kier alpha value is -1.99. The van der Waals surface area contributed by atoms with Crippen LogP contribution < -0.4 is 4.72 Å². The van der Waals surface area contributed by atoms with Gasteiger partial charge in [-0.15, -0.1) is 0 Å². The van der Waals surface area contributed by atoms with E-state index in [4.69, 9.17) is 16.3 Å². The van der Waals surface area contributed by atoms with Crippen molar-refractivity contribution in [1.29, 1.82) is 0 Å². The normalized spacial score (nSPS) is 13.0. The highest BCUT2D eigenvalue weighted by atomic mass is 35.5. The largest absolute Gasteiger partial charge is 0.375 e. The molecule has 0 aliphatic carbocycles. The summed E-state index contributed by atoms with van der Waals surface area (Å²) in [5.41, 5.74) is 1.16. The molecule has 0 spiro atoms. The van der Waals surface area contributed by atoms with Crippen molar-refractivity contribution in [3.63, 3.8) is 0 Å². The van der Waals surface area contributed by atoms with Gasteiger partial charge >= 0.3 is 0 Å². The van der Waals surface area contributed by atoms with Gasteiger partial charge in [-0.25, -0.2) is 13.1 Å². The van der Waals surface area contributed by atoms with E-state index < -0.39 is 16.1 Å². The third-order valence-electron chi connectivity index (χ3n) is 3.88. The standard InChI is InChI=1S/C18H17ClN2O3S/c1-24-16(14-8-2-3-9-15(14)19)12-21-25(22,23)17-10-4-6-13-7-5-11-20-18(13)17/h2-11,16,21H,12H2,1H3. The summed E-state index contributed by atoms with van der Waals surface area (Å²) in [5.74, 6) is 0. The van der Waals surface area contributed by atoms with Gasteiger partial charge in [0.2, 0.25) is 10.0 Å². The first-order valence-corrected chi connectivity index (χ1v) is 9.49. The van der Waals surface area contributed by atoms with E-state index in [9.17, 15) is 8.42 Å². The first-order chi connectivity index (χ1) is 12.0. The third kappa shape index (κ3) is 3.82. The van der Waals surface area contributed by atoms with Gasteiger partial charge in [-0.1, -0.05) is 48.0 Å². The average Bonchev–Trinajstić information content (AvgIpc) is 2.63. The molecule has 0 radical (unpaired) electrons. The summed E-state index contributed by atoms with van der Waals surface area (Å²) in [6.45, 7) is 0.0613. The van der Waals surface area contributed by atoms with E-state index in [1.165, 1.54) is 13.2 Å². The van der Waals surface area contributed by atoms with E-state index in [2.05, 4.69) is 9.71 Å². The summed E-state index contributed by atoms with van der Waals surface area (Å²) in [6, 6.07) is 15.8. The molecule has 1 unspecified atom stereocenters. The van der Waals surface area contributed by atoms with E-state index in [0.29, 0.717) is 10.5 Å². The Kier molecular flexibility index (Phi) is 5.34. The number of rotatable bonds is 6. The highest BCUT2D eigenvalue weighted by Crippen LogP contribution is 2.25. The Labute approximate surface area is 151 Å². The Morgan fingerprint density at radius 1 is 1.12 bits per heavy atom. The van der Waals surface area contributed by atoms with Crippen LogP contribution in [0.5, 0.6) is 0 Å². The Morgan fingerprint density at radius 3 is 2.64 bits per heavy atom. The molecule has 0 aliphatic heterocycles. The summed E-state index contributed by atoms with van der Waals surface area (Å²) in [6.07, 6.45) is 1.08. The minimum Gasteiger partial charge on any atom is -0.375 e. The van der Waals surface area contributed by atoms with Crippen LogP contribution in [0.25, 0.3) is 10.9 Å². The fourth-order valence-corrected chi connectivity index (χ4v) is 4.08. The van der Waals surface area contributed by atoms with Gasteiger partial charge in [0.1, 0.15) is 4.90 Å². The lowest BCUT2D eigenvalue weighted by atomic mass is 10.1. The molecule has 3 rings (SSSR count). The molecule has 1 atom stereocenters. The molecule has 2 aromatic carbocycles. The van der Waals surface area contributed by atoms with Crippen molar-refractivity contribution in [2.24, 2.45) is 0 Å². The molecule has 0 amide bonds. The lowest BCUT2D eigenvalue weighted by Gasteiger charge is -2.18. The van der Waals surface area contributed by atoms with Crippen LogP contribution in [0.4, 0.5) is 0 Å². The number of nitrogens with one attached hydrogen (secondary N) is 1. The smallest absolute Gasteiger partial charge is 0.242 e. The van der Waals surface area contributed by atoms with E-state index >= 15 is 0 Å². The second kappa shape index (κ2) is 7.49. The number of fused-ring (bicyclic) bond motifs is 1. The summed E-state index contributed by atoms with van der Waals surface area (Å²) >= 11 is 6.18. The molecular formula is C18H17ClN2O3S. The number of hydrogen-bond acceptors (Lipinski definition) is 4. The van der Waals surface area contributed by atoms with Crippen molar-refractivity contribution in [3.8, 4) is 0 Å². The Morgan fingerprint density at radius 2 is 1.88 bits per heavy atom. The van der Waals surface area contributed by atoms with Gasteiger partial charge in [-0.05, 0) is 18.2 Å². The lowest BCUT2D eigenvalue weighted by Crippen LogP contribution is -2.29. The monoisotopic (exact) mass is 376 g/mol. The van der Waals surface area contributed by atoms with Gasteiger partial charge in [0.25, 0.3) is 0 Å². The third-order valence-corrected chi connectivity index (χ3v) is 5.68. The molecule has 0 saturated carbocycles. The number of halogens is 1. The first-order valence-electron chi connectivity index (χ1n) is 7.63. The fraction of sp³-hybridized carbons (Fsp3) is 0.167. The van der Waals surface area contributed by atoms with Crippen molar-refractivity contribution < 1.29 is 13.2 Å². The number of pyridine rings is 1. The fourth-order valence-electron chi connectivity index (χ4n) is 2.61. The topological polar surface area (TPSA) is 68.3 Å². The molecule has 1 aromatic heterocycles. The SMILES string of the molecule is COC(CNS(=O)(=O)c1cccc2cccnc12)c1ccccc1Cl. The summed E-state index contributed by atoms with van der Waals surface area (Å²) in [7, 11) is -2.23. The summed E-state index contributed by atoms with van der Waals surface area (Å²) in [4.78, 5) is 4.33. The molecule has 0 aliphatic rings. The van der Waals surface area contributed by atoms with E-state index in [1.54, 1.807) is 24.4 Å². The number of benzene rings is 2. The van der Waals surface area contributed by atoms with Crippen LogP contribution in [0.2, 0.25) is 5.02 Å². The van der Waals surface area contributed by atoms with Crippen LogP contribution in [-0.4, -0.2) is 27.1 Å². The molecule has 5 nitrogen and oxygen atoms in total. The highest BCUT2D eigenvalue weighted by Gasteiger charge is 2.21. The van der Waals surface area contributed by atoms with Gasteiger partial charge < -0.3 is 4.74 Å². The van der Waals surface area contributed by atoms with Gasteiger partial charge in [-0.3, -0.25) is 4.98 Å². The zero-order chi connectivity index (χ0) is 17.9. The highest BCUT2D eigenvalue weighted by molar-refractivity contribution is 7.89. The maximum absolute atomic E-state index is 12.7. The van der Waals surface area contributed by atoms with Gasteiger partial charge in [0.15, 0.2) is 0 Å². The van der Waals surface area contributed by atoms with Crippen molar-refractivity contribution in [2.75, 3.05) is 13.7 Å². The molecule has 1 heterocycles. The molecule has 7 heteroatoms. The molecule has 130 valence electrons. The van der Waals surface area contributed by atoms with Gasteiger partial charge in [-0.2, -0.15) is 0 Å². The number of aromatic nitrogens is 1. The van der Waals surface area contributed by atoms with Crippen molar-refractivity contribution in [3.05, 3.63) is 71.4 Å². The van der Waals surface area contributed by atoms with E-state index in [1.807, 2.05) is 30.3 Å². The first kappa shape index (κ1) is 17.8. The van der Waals surface area contributed by atoms with E-state index in [-0.39, 0.29) is 11.4 Å². The molecule has 0 saturated heterocycles. The van der Waals surface area contributed by atoms with Crippen molar-refractivity contribution in [1.82, 2.24) is 9.71 Å². The minimum absolute atomic E-state index is 0.0613. The zero-order valence-electron chi connectivity index (χ0n) is 13.5.